The molecule has 0 spiro atoms. The predicted molar refractivity (Wildman–Crippen MR) is 126 cm³/mol. The van der Waals surface area contributed by atoms with Crippen LogP contribution in [0.1, 0.15) is 53.3 Å². The number of nitrogens with zero attached hydrogens (tertiary/aromatic N) is 5. The van der Waals surface area contributed by atoms with E-state index < -0.39 is 41.3 Å². The molecule has 1 aliphatic rings. The van der Waals surface area contributed by atoms with Gasteiger partial charge in [0.2, 0.25) is 11.8 Å². The van der Waals surface area contributed by atoms with Gasteiger partial charge in [-0.3, -0.25) is 4.57 Å². The van der Waals surface area contributed by atoms with E-state index in [9.17, 15) is 25.1 Å². The Labute approximate surface area is 207 Å². The third-order valence-electron chi connectivity index (χ3n) is 4.92. The van der Waals surface area contributed by atoms with E-state index in [-0.39, 0.29) is 28.2 Å². The topological polar surface area (TPSA) is 160 Å². The fourth-order valence-corrected chi connectivity index (χ4v) is 3.46. The molecule has 0 unspecified atom stereocenters. The van der Waals surface area contributed by atoms with Crippen molar-refractivity contribution in [1.29, 1.82) is 5.26 Å². The van der Waals surface area contributed by atoms with Gasteiger partial charge < -0.3 is 24.4 Å². The fourth-order valence-electron chi connectivity index (χ4n) is 3.46. The lowest BCUT2D eigenvalue weighted by atomic mass is 9.97. The summed E-state index contributed by atoms with van der Waals surface area (Å²) < 4.78 is 17.5. The van der Waals surface area contributed by atoms with E-state index in [2.05, 4.69) is 22.5 Å². The maximum absolute atomic E-state index is 13.1. The second-order valence-electron chi connectivity index (χ2n) is 10.1. The first-order valence-electron chi connectivity index (χ1n) is 10.8. The summed E-state index contributed by atoms with van der Waals surface area (Å²) in [6.45, 7) is 13.2. The van der Waals surface area contributed by atoms with Gasteiger partial charge in [0.15, 0.2) is 11.9 Å². The van der Waals surface area contributed by atoms with E-state index in [0.29, 0.717) is 4.90 Å². The molecule has 2 amide bonds. The van der Waals surface area contributed by atoms with E-state index in [1.54, 1.807) is 41.5 Å². The maximum atomic E-state index is 13.1. The molecule has 36 heavy (non-hydrogen) atoms. The van der Waals surface area contributed by atoms with Crippen LogP contribution in [0.2, 0.25) is 0 Å². The molecule has 1 aliphatic heterocycles. The number of rotatable bonds is 2. The molecular formula is C24H27N5O7. The number of terminal acetylenes is 1. The van der Waals surface area contributed by atoms with Crippen LogP contribution in [0.4, 0.5) is 15.4 Å². The molecule has 3 heterocycles. The Hall–Kier alpha value is -4.13. The lowest BCUT2D eigenvalue weighted by Gasteiger charge is -2.28. The first-order valence-corrected chi connectivity index (χ1v) is 10.8. The molecule has 2 aromatic heterocycles. The van der Waals surface area contributed by atoms with E-state index in [0.717, 1.165) is 6.33 Å². The highest BCUT2D eigenvalue weighted by Gasteiger charge is 2.54. The Balaban J connectivity index is 2.27. The summed E-state index contributed by atoms with van der Waals surface area (Å²) in [6, 6.07) is 1.95. The summed E-state index contributed by atoms with van der Waals surface area (Å²) in [7, 11) is 0. The number of imide groups is 1. The quantitative estimate of drug-likeness (QED) is 0.590. The zero-order valence-electron chi connectivity index (χ0n) is 20.8. The van der Waals surface area contributed by atoms with Gasteiger partial charge in [-0.05, 0) is 41.5 Å². The minimum absolute atomic E-state index is 0.0331. The van der Waals surface area contributed by atoms with E-state index >= 15 is 0 Å². The van der Waals surface area contributed by atoms with Gasteiger partial charge in [0.1, 0.15) is 35.0 Å². The molecule has 12 nitrogen and oxygen atoms in total. The number of carbonyl (C=O) groups excluding carboxylic acids is 2. The van der Waals surface area contributed by atoms with Crippen molar-refractivity contribution in [3.8, 4) is 18.4 Å². The van der Waals surface area contributed by atoms with E-state index in [4.69, 9.17) is 20.6 Å². The molecular weight excluding hydrogens is 470 g/mol. The van der Waals surface area contributed by atoms with Gasteiger partial charge in [0, 0.05) is 6.20 Å². The Bertz CT molecular complexity index is 1290. The van der Waals surface area contributed by atoms with Crippen molar-refractivity contribution in [3.63, 3.8) is 0 Å². The summed E-state index contributed by atoms with van der Waals surface area (Å²) in [4.78, 5) is 35.1. The first-order chi connectivity index (χ1) is 16.5. The number of fused-ring (bicyclic) bond motifs is 1. The van der Waals surface area contributed by atoms with Crippen molar-refractivity contribution in [2.45, 2.75) is 70.7 Å². The Morgan fingerprint density at radius 1 is 1.22 bits per heavy atom. The molecule has 0 saturated carbocycles. The van der Waals surface area contributed by atoms with Gasteiger partial charge in [0.25, 0.3) is 0 Å². The van der Waals surface area contributed by atoms with Gasteiger partial charge in [-0.1, -0.05) is 12.5 Å². The van der Waals surface area contributed by atoms with Crippen LogP contribution in [-0.4, -0.2) is 59.8 Å². The van der Waals surface area contributed by atoms with Gasteiger partial charge in [-0.2, -0.15) is 10.2 Å². The van der Waals surface area contributed by atoms with Gasteiger partial charge in [0.05, 0.1) is 10.9 Å². The van der Waals surface area contributed by atoms with Crippen LogP contribution in [0.25, 0.3) is 11.0 Å². The molecule has 0 aromatic carbocycles. The smallest absolute Gasteiger partial charge is 0.425 e. The molecule has 3 atom stereocenters. The highest BCUT2D eigenvalue weighted by atomic mass is 16.6. The Morgan fingerprint density at radius 3 is 2.25 bits per heavy atom. The third-order valence-corrected chi connectivity index (χ3v) is 4.92. The number of aliphatic hydroxyl groups is 2. The van der Waals surface area contributed by atoms with Crippen molar-refractivity contribution < 1.29 is 34.0 Å². The summed E-state index contributed by atoms with van der Waals surface area (Å²) in [5, 5.41) is 31.1. The zero-order chi connectivity index (χ0) is 27.2. The van der Waals surface area contributed by atoms with E-state index in [1.165, 1.54) is 10.8 Å². The number of carbonyl (C=O) groups is 2. The molecule has 2 aromatic rings. The number of amides is 2. The number of hydrogen-bond donors (Lipinski definition) is 2. The summed E-state index contributed by atoms with van der Waals surface area (Å²) in [5.41, 5.74) is -4.34. The average molecular weight is 498 g/mol. The predicted octanol–water partition coefficient (Wildman–Crippen LogP) is 2.75. The molecule has 0 bridgehead atoms. The van der Waals surface area contributed by atoms with Crippen molar-refractivity contribution >= 4 is 29.0 Å². The molecule has 12 heteroatoms. The lowest BCUT2D eigenvalue weighted by molar-refractivity contribution is -0.0627. The van der Waals surface area contributed by atoms with Gasteiger partial charge in [-0.25, -0.2) is 19.6 Å². The lowest BCUT2D eigenvalue weighted by Crippen LogP contribution is -2.44. The number of aliphatic hydroxyl groups excluding tert-OH is 1. The van der Waals surface area contributed by atoms with Crippen LogP contribution in [0.5, 0.6) is 0 Å². The van der Waals surface area contributed by atoms with E-state index in [1.807, 2.05) is 6.07 Å². The minimum atomic E-state index is -2.25. The van der Waals surface area contributed by atoms with Crippen molar-refractivity contribution in [2.24, 2.45) is 0 Å². The molecule has 0 radical (unpaired) electrons. The molecule has 190 valence electrons. The van der Waals surface area contributed by atoms with Crippen LogP contribution < -0.4 is 4.90 Å². The highest BCUT2D eigenvalue weighted by molar-refractivity contribution is 6.14. The van der Waals surface area contributed by atoms with Crippen LogP contribution in [0.15, 0.2) is 24.9 Å². The molecule has 3 rings (SSSR count). The largest absolute Gasteiger partial charge is 0.468 e. The maximum Gasteiger partial charge on any atom is 0.425 e. The normalized spacial score (nSPS) is 21.9. The van der Waals surface area contributed by atoms with Crippen molar-refractivity contribution in [1.82, 2.24) is 14.5 Å². The molecule has 1 fully saturated rings. The summed E-state index contributed by atoms with van der Waals surface area (Å²) >= 11 is 0. The first kappa shape index (κ1) is 26.5. The number of nitriles is 1. The number of aromatic nitrogens is 3. The van der Waals surface area contributed by atoms with Gasteiger partial charge >= 0.3 is 12.2 Å². The van der Waals surface area contributed by atoms with Crippen LogP contribution in [0.3, 0.4) is 0 Å². The van der Waals surface area contributed by atoms with Crippen LogP contribution in [0, 0.1) is 23.7 Å². The van der Waals surface area contributed by atoms with Crippen molar-refractivity contribution in [3.05, 3.63) is 30.4 Å². The van der Waals surface area contributed by atoms with Crippen LogP contribution in [-0.2, 0) is 14.2 Å². The van der Waals surface area contributed by atoms with Gasteiger partial charge in [-0.15, -0.1) is 6.42 Å². The summed E-state index contributed by atoms with van der Waals surface area (Å²) in [5.74, 6) is 1.60. The molecule has 0 aliphatic carbocycles. The zero-order valence-corrected chi connectivity index (χ0v) is 20.8. The second-order valence-corrected chi connectivity index (χ2v) is 10.1. The number of hydrogen-bond acceptors (Lipinski definition) is 10. The second kappa shape index (κ2) is 8.82. The number of anilines is 1. The van der Waals surface area contributed by atoms with Crippen LogP contribution >= 0.6 is 0 Å². The minimum Gasteiger partial charge on any atom is -0.468 e. The van der Waals surface area contributed by atoms with Crippen molar-refractivity contribution in [2.75, 3.05) is 4.90 Å². The third kappa shape index (κ3) is 4.69. The fraction of sp³-hybridized carbons (Fsp3) is 0.458. The Kier molecular flexibility index (Phi) is 6.49. The standard InChI is InChI=1S/C24H27N5O7/c1-9-24(33)16(30)13(2)34-19(24)28-11-14(10-25)15-17(28)26-12-27-18(15)29(20(31)35-22(3,4)5)21(32)36-23(6,7)8/h1,11-12,16,19,30,33H,2H2,3-8H3/t16-,19-,24-/m1/s1. The number of ether oxygens (including phenoxy) is 3. The molecule has 1 saturated heterocycles. The SMILES string of the molecule is C#C[C@@]1(O)[C@H](O)C(=C)O[C@H]1n1cc(C#N)c2c(N(C(=O)OC(C)(C)C)C(=O)OC(C)(C)C)ncnc21. The summed E-state index contributed by atoms with van der Waals surface area (Å²) in [6.07, 6.45) is 2.49. The molecule has 2 N–H and O–H groups in total. The Morgan fingerprint density at radius 2 is 1.78 bits per heavy atom. The highest BCUT2D eigenvalue weighted by Crippen LogP contribution is 2.42. The average Bonchev–Trinajstić information content (AvgIpc) is 3.22. The monoisotopic (exact) mass is 497 g/mol.